The van der Waals surface area contributed by atoms with Crippen molar-refractivity contribution in [2.75, 3.05) is 13.1 Å². The molecule has 4 nitrogen and oxygen atoms in total. The molecule has 1 aliphatic heterocycles. The maximum Gasteiger partial charge on any atom is 0.252 e. The Morgan fingerprint density at radius 3 is 2.60 bits per heavy atom. The Balaban J connectivity index is 1.72. The molecule has 0 aliphatic carbocycles. The third-order valence-electron chi connectivity index (χ3n) is 3.56. The summed E-state index contributed by atoms with van der Waals surface area (Å²) >= 11 is 3.01. The predicted octanol–water partition coefficient (Wildman–Crippen LogP) is 3.08. The first kappa shape index (κ1) is 14.2. The number of hydrogen-bond acceptors (Lipinski definition) is 5. The molecule has 2 aromatic rings. The molecule has 0 spiro atoms. The molecule has 0 bridgehead atoms. The number of thiophene rings is 1. The van der Waals surface area contributed by atoms with Gasteiger partial charge in [-0.25, -0.2) is 13.4 Å². The van der Waals surface area contributed by atoms with Crippen molar-refractivity contribution in [3.63, 3.8) is 0 Å². The van der Waals surface area contributed by atoms with Gasteiger partial charge in [-0.05, 0) is 31.9 Å². The van der Waals surface area contributed by atoms with Crippen LogP contribution in [0.15, 0.2) is 27.9 Å². The second kappa shape index (κ2) is 5.55. The van der Waals surface area contributed by atoms with Crippen LogP contribution in [0.4, 0.5) is 0 Å². The Morgan fingerprint density at radius 1 is 1.30 bits per heavy atom. The highest BCUT2D eigenvalue weighted by Crippen LogP contribution is 2.33. The second-order valence-corrected chi connectivity index (χ2v) is 9.29. The molecule has 0 N–H and O–H groups in total. The molecule has 7 heteroatoms. The van der Waals surface area contributed by atoms with Crippen molar-refractivity contribution in [1.82, 2.24) is 9.29 Å². The number of piperidine rings is 1. The smallest absolute Gasteiger partial charge is 0.249 e. The monoisotopic (exact) mass is 328 g/mol. The van der Waals surface area contributed by atoms with E-state index >= 15 is 0 Å². The van der Waals surface area contributed by atoms with E-state index in [4.69, 9.17) is 0 Å². The van der Waals surface area contributed by atoms with Gasteiger partial charge in [0.15, 0.2) is 0 Å². The predicted molar refractivity (Wildman–Crippen MR) is 81.9 cm³/mol. The van der Waals surface area contributed by atoms with Crippen LogP contribution in [0, 0.1) is 6.92 Å². The lowest BCUT2D eigenvalue weighted by Crippen LogP contribution is -2.37. The van der Waals surface area contributed by atoms with Crippen LogP contribution >= 0.6 is 22.7 Å². The van der Waals surface area contributed by atoms with Gasteiger partial charge in [0.2, 0.25) is 0 Å². The van der Waals surface area contributed by atoms with Crippen molar-refractivity contribution < 1.29 is 8.42 Å². The Hall–Kier alpha value is -0.760. The molecule has 2 aromatic heterocycles. The van der Waals surface area contributed by atoms with E-state index in [0.717, 1.165) is 22.7 Å². The second-order valence-electron chi connectivity index (χ2n) is 4.91. The number of sulfonamides is 1. The zero-order chi connectivity index (χ0) is 14.2. The van der Waals surface area contributed by atoms with Gasteiger partial charge < -0.3 is 0 Å². The van der Waals surface area contributed by atoms with Crippen LogP contribution in [0.2, 0.25) is 0 Å². The summed E-state index contributed by atoms with van der Waals surface area (Å²) in [5, 5.41) is 3.11. The Bertz CT molecular complexity index is 668. The summed E-state index contributed by atoms with van der Waals surface area (Å²) in [4.78, 5) is 5.37. The van der Waals surface area contributed by atoms with E-state index in [1.54, 1.807) is 21.7 Å². The lowest BCUT2D eigenvalue weighted by Gasteiger charge is -2.29. The molecule has 20 heavy (non-hydrogen) atoms. The van der Waals surface area contributed by atoms with Crippen molar-refractivity contribution in [2.24, 2.45) is 0 Å². The third-order valence-corrected chi connectivity index (χ3v) is 7.87. The van der Waals surface area contributed by atoms with Crippen molar-refractivity contribution in [2.45, 2.75) is 29.9 Å². The quantitative estimate of drug-likeness (QED) is 0.870. The molecule has 0 amide bonds. The minimum atomic E-state index is -3.30. The Labute approximate surface area is 127 Å². The fourth-order valence-electron chi connectivity index (χ4n) is 2.46. The summed E-state index contributed by atoms with van der Waals surface area (Å²) in [5.41, 5.74) is 0. The lowest BCUT2D eigenvalue weighted by molar-refractivity contribution is 0.319. The fourth-order valence-corrected chi connectivity index (χ4v) is 6.18. The van der Waals surface area contributed by atoms with E-state index in [2.05, 4.69) is 4.98 Å². The first-order valence-corrected chi connectivity index (χ1v) is 9.67. The van der Waals surface area contributed by atoms with E-state index in [1.165, 1.54) is 11.3 Å². The molecule has 3 heterocycles. The molecular formula is C13H16N2O2S3. The summed E-state index contributed by atoms with van der Waals surface area (Å²) in [6.45, 7) is 3.10. The van der Waals surface area contributed by atoms with Gasteiger partial charge in [-0.1, -0.05) is 0 Å². The standard InChI is InChI=1S/C13H16N2O2S3/c1-10-2-3-12(19-10)20(16,17)15-7-4-11(5-8-15)13-14-6-9-18-13/h2-3,6,9,11H,4-5,7-8H2,1H3. The number of hydrogen-bond donors (Lipinski definition) is 0. The maximum atomic E-state index is 12.5. The van der Waals surface area contributed by atoms with Gasteiger partial charge in [-0.3, -0.25) is 0 Å². The SMILES string of the molecule is Cc1ccc(S(=O)(=O)N2CCC(c3nccs3)CC2)s1. The zero-order valence-corrected chi connectivity index (χ0v) is 13.6. The molecule has 0 radical (unpaired) electrons. The Kier molecular flexibility index (Phi) is 3.94. The average Bonchev–Trinajstić information content (AvgIpc) is 3.10. The van der Waals surface area contributed by atoms with Crippen LogP contribution in [-0.4, -0.2) is 30.8 Å². The van der Waals surface area contributed by atoms with Gasteiger partial charge in [0.05, 0.1) is 5.01 Å². The topological polar surface area (TPSA) is 50.3 Å². The molecular weight excluding hydrogens is 312 g/mol. The average molecular weight is 328 g/mol. The van der Waals surface area contributed by atoms with Gasteiger partial charge >= 0.3 is 0 Å². The van der Waals surface area contributed by atoms with Crippen LogP contribution in [-0.2, 0) is 10.0 Å². The number of thiazole rings is 1. The zero-order valence-electron chi connectivity index (χ0n) is 11.2. The van der Waals surface area contributed by atoms with E-state index < -0.39 is 10.0 Å². The number of rotatable bonds is 3. The van der Waals surface area contributed by atoms with Gasteiger partial charge in [0.25, 0.3) is 10.0 Å². The molecule has 0 unspecified atom stereocenters. The van der Waals surface area contributed by atoms with Gasteiger partial charge in [-0.15, -0.1) is 22.7 Å². The van der Waals surface area contributed by atoms with Crippen LogP contribution in [0.3, 0.4) is 0 Å². The fraction of sp³-hybridized carbons (Fsp3) is 0.462. The normalized spacial score (nSPS) is 18.4. The summed E-state index contributed by atoms with van der Waals surface area (Å²) in [6, 6.07) is 3.57. The molecule has 1 aliphatic rings. The van der Waals surface area contributed by atoms with Crippen molar-refractivity contribution in [3.8, 4) is 0 Å². The molecule has 1 saturated heterocycles. The van der Waals surface area contributed by atoms with Crippen molar-refractivity contribution in [1.29, 1.82) is 0 Å². The van der Waals surface area contributed by atoms with Crippen LogP contribution in [0.25, 0.3) is 0 Å². The van der Waals surface area contributed by atoms with Crippen LogP contribution in [0.1, 0.15) is 28.6 Å². The molecule has 108 valence electrons. The van der Waals surface area contributed by atoms with Crippen LogP contribution < -0.4 is 0 Å². The summed E-state index contributed by atoms with van der Waals surface area (Å²) in [7, 11) is -3.30. The maximum absolute atomic E-state index is 12.5. The van der Waals surface area contributed by atoms with E-state index in [0.29, 0.717) is 23.2 Å². The van der Waals surface area contributed by atoms with Gasteiger partial charge in [-0.2, -0.15) is 4.31 Å². The summed E-state index contributed by atoms with van der Waals surface area (Å²) in [5.74, 6) is 0.409. The first-order valence-electron chi connectivity index (χ1n) is 6.53. The van der Waals surface area contributed by atoms with E-state index in [1.807, 2.05) is 24.6 Å². The van der Waals surface area contributed by atoms with Crippen molar-refractivity contribution >= 4 is 32.7 Å². The Morgan fingerprint density at radius 2 is 2.05 bits per heavy atom. The largest absolute Gasteiger partial charge is 0.252 e. The van der Waals surface area contributed by atoms with Crippen LogP contribution in [0.5, 0.6) is 0 Å². The number of nitrogens with zero attached hydrogens (tertiary/aromatic N) is 2. The van der Waals surface area contributed by atoms with E-state index in [9.17, 15) is 8.42 Å². The number of aromatic nitrogens is 1. The highest BCUT2D eigenvalue weighted by atomic mass is 32.2. The molecule has 1 fully saturated rings. The highest BCUT2D eigenvalue weighted by molar-refractivity contribution is 7.91. The molecule has 0 saturated carbocycles. The molecule has 0 aromatic carbocycles. The van der Waals surface area contributed by atoms with Gasteiger partial charge in [0, 0.05) is 35.5 Å². The molecule has 3 rings (SSSR count). The molecule has 0 atom stereocenters. The summed E-state index contributed by atoms with van der Waals surface area (Å²) in [6.07, 6.45) is 3.53. The first-order chi connectivity index (χ1) is 9.57. The lowest BCUT2D eigenvalue weighted by atomic mass is 9.99. The summed E-state index contributed by atoms with van der Waals surface area (Å²) < 4.78 is 27.1. The highest BCUT2D eigenvalue weighted by Gasteiger charge is 2.31. The number of aryl methyl sites for hydroxylation is 1. The minimum absolute atomic E-state index is 0.409. The van der Waals surface area contributed by atoms with Crippen molar-refractivity contribution in [3.05, 3.63) is 33.6 Å². The minimum Gasteiger partial charge on any atom is -0.249 e. The van der Waals surface area contributed by atoms with E-state index in [-0.39, 0.29) is 0 Å². The third kappa shape index (κ3) is 2.67. The van der Waals surface area contributed by atoms with Gasteiger partial charge in [0.1, 0.15) is 4.21 Å².